The van der Waals surface area contributed by atoms with Gasteiger partial charge in [0, 0.05) is 26.0 Å². The maximum absolute atomic E-state index is 12.6. The summed E-state index contributed by atoms with van der Waals surface area (Å²) in [5.41, 5.74) is 2.68. The van der Waals surface area contributed by atoms with E-state index in [1.54, 1.807) is 12.5 Å². The van der Waals surface area contributed by atoms with Crippen molar-refractivity contribution < 1.29 is 0 Å². The van der Waals surface area contributed by atoms with Crippen LogP contribution in [0, 0.1) is 6.92 Å². The van der Waals surface area contributed by atoms with E-state index in [0.29, 0.717) is 4.70 Å². The predicted octanol–water partition coefficient (Wildman–Crippen LogP) is 4.84. The van der Waals surface area contributed by atoms with Gasteiger partial charge in [-0.25, -0.2) is 9.97 Å². The van der Waals surface area contributed by atoms with E-state index in [1.165, 1.54) is 15.9 Å². The average Bonchev–Trinajstić information content (AvgIpc) is 2.99. The summed E-state index contributed by atoms with van der Waals surface area (Å²) in [6.07, 6.45) is 9.13. The number of pyridine rings is 1. The normalized spacial score (nSPS) is 11.0. The van der Waals surface area contributed by atoms with Crippen molar-refractivity contribution in [1.29, 1.82) is 0 Å². The zero-order valence-corrected chi connectivity index (χ0v) is 16.9. The number of hydrogen-bond donors (Lipinski definition) is 0. The molecule has 138 valence electrons. The average molecular weight is 371 g/mol. The van der Waals surface area contributed by atoms with Gasteiger partial charge in [0.05, 0.1) is 16.6 Å². The van der Waals surface area contributed by atoms with Crippen LogP contribution in [-0.4, -0.2) is 28.6 Å². The van der Waals surface area contributed by atoms with Crippen molar-refractivity contribution in [1.82, 2.24) is 14.5 Å². The Morgan fingerprint density at radius 1 is 1.31 bits per heavy atom. The summed E-state index contributed by atoms with van der Waals surface area (Å²) >= 11 is 1.41. The Bertz CT molecular complexity index is 998. The van der Waals surface area contributed by atoms with Crippen LogP contribution < -0.4 is 10.5 Å². The standard InChI is InChI=1S/C16H18N4OS.C4H8/c1-5-6-7-20-9-17-13-12-11(19(3)4)8-10(2)18-15(12)22-14(13)16(20)21;1-3-4-2/h6-9H,5H2,1-4H3;3H,1,4H2,2H3/b7-6+;. The number of fused-ring (bicyclic) bond motifs is 3. The van der Waals surface area contributed by atoms with Gasteiger partial charge in [-0.05, 0) is 25.8 Å². The van der Waals surface area contributed by atoms with Gasteiger partial charge in [0.2, 0.25) is 0 Å². The Morgan fingerprint density at radius 3 is 2.58 bits per heavy atom. The van der Waals surface area contributed by atoms with Gasteiger partial charge in [-0.3, -0.25) is 9.36 Å². The monoisotopic (exact) mass is 370 g/mol. The summed E-state index contributed by atoms with van der Waals surface area (Å²) in [6, 6.07) is 2.03. The van der Waals surface area contributed by atoms with Crippen LogP contribution in [0.25, 0.3) is 26.6 Å². The van der Waals surface area contributed by atoms with Crippen molar-refractivity contribution in [3.8, 4) is 0 Å². The van der Waals surface area contributed by atoms with Gasteiger partial charge >= 0.3 is 0 Å². The highest BCUT2D eigenvalue weighted by Crippen LogP contribution is 2.35. The van der Waals surface area contributed by atoms with E-state index in [2.05, 4.69) is 23.5 Å². The number of aromatic nitrogens is 3. The zero-order valence-electron chi connectivity index (χ0n) is 16.1. The first kappa shape index (κ1) is 19.8. The maximum atomic E-state index is 12.6. The molecule has 3 rings (SSSR count). The molecule has 0 saturated heterocycles. The van der Waals surface area contributed by atoms with Crippen LogP contribution in [0.3, 0.4) is 0 Å². The van der Waals surface area contributed by atoms with Crippen LogP contribution in [0.5, 0.6) is 0 Å². The van der Waals surface area contributed by atoms with Crippen LogP contribution in [0.4, 0.5) is 5.69 Å². The molecule has 0 bridgehead atoms. The fourth-order valence-corrected chi connectivity index (χ4v) is 3.55. The highest BCUT2D eigenvalue weighted by atomic mass is 32.1. The third kappa shape index (κ3) is 4.02. The van der Waals surface area contributed by atoms with Crippen LogP contribution in [0.2, 0.25) is 0 Å². The Kier molecular flexibility index (Phi) is 6.69. The molecule has 3 aromatic rings. The van der Waals surface area contributed by atoms with Crippen molar-refractivity contribution in [3.63, 3.8) is 0 Å². The molecule has 0 aromatic carbocycles. The molecule has 0 unspecified atom stereocenters. The first-order valence-electron chi connectivity index (χ1n) is 8.70. The molecule has 6 heteroatoms. The van der Waals surface area contributed by atoms with Gasteiger partial charge in [-0.15, -0.1) is 17.9 Å². The predicted molar refractivity (Wildman–Crippen MR) is 114 cm³/mol. The van der Waals surface area contributed by atoms with E-state index in [0.717, 1.165) is 40.0 Å². The summed E-state index contributed by atoms with van der Waals surface area (Å²) in [6.45, 7) is 9.54. The fraction of sp³-hybridized carbons (Fsp3) is 0.350. The first-order valence-corrected chi connectivity index (χ1v) is 9.52. The number of nitrogens with zero attached hydrogens (tertiary/aromatic N) is 4. The molecule has 3 heterocycles. The summed E-state index contributed by atoms with van der Waals surface area (Å²) < 4.78 is 2.18. The summed E-state index contributed by atoms with van der Waals surface area (Å²) in [5, 5.41) is 0.958. The highest BCUT2D eigenvalue weighted by molar-refractivity contribution is 7.25. The Labute approximate surface area is 158 Å². The molecule has 0 spiro atoms. The van der Waals surface area contributed by atoms with Gasteiger partial charge in [0.1, 0.15) is 15.9 Å². The lowest BCUT2D eigenvalue weighted by atomic mass is 10.2. The fourth-order valence-electron chi connectivity index (χ4n) is 2.42. The molecule has 0 aliphatic carbocycles. The highest BCUT2D eigenvalue weighted by Gasteiger charge is 2.16. The number of hydrogen-bond acceptors (Lipinski definition) is 5. The Balaban J connectivity index is 0.000000552. The number of rotatable bonds is 4. The Morgan fingerprint density at radius 2 is 2.00 bits per heavy atom. The van der Waals surface area contributed by atoms with E-state index in [-0.39, 0.29) is 5.56 Å². The number of aryl methyl sites for hydroxylation is 1. The molecule has 0 atom stereocenters. The van der Waals surface area contributed by atoms with E-state index in [1.807, 2.05) is 51.1 Å². The molecule has 0 fully saturated rings. The second kappa shape index (κ2) is 8.76. The minimum atomic E-state index is -0.0416. The molecular formula is C20H26N4OS. The van der Waals surface area contributed by atoms with Gasteiger partial charge in [-0.1, -0.05) is 26.0 Å². The van der Waals surface area contributed by atoms with Crippen LogP contribution in [0.1, 0.15) is 32.4 Å². The lowest BCUT2D eigenvalue weighted by Gasteiger charge is -2.14. The lowest BCUT2D eigenvalue weighted by Crippen LogP contribution is -2.14. The summed E-state index contributed by atoms with van der Waals surface area (Å²) in [4.78, 5) is 24.6. The van der Waals surface area contributed by atoms with Crippen molar-refractivity contribution in [2.45, 2.75) is 33.6 Å². The van der Waals surface area contributed by atoms with Crippen molar-refractivity contribution in [2.75, 3.05) is 19.0 Å². The number of anilines is 1. The SMILES string of the molecule is C=CCC.CC/C=C/n1cnc2c(sc3nc(C)cc(N(C)C)c32)c1=O. The second-order valence-corrected chi connectivity index (χ2v) is 7.08. The summed E-state index contributed by atoms with van der Waals surface area (Å²) in [5.74, 6) is 0. The van der Waals surface area contributed by atoms with Crippen LogP contribution in [-0.2, 0) is 0 Å². The van der Waals surface area contributed by atoms with Crippen molar-refractivity contribution in [2.24, 2.45) is 0 Å². The topological polar surface area (TPSA) is 51.0 Å². The largest absolute Gasteiger partial charge is 0.377 e. The molecule has 0 N–H and O–H groups in total. The van der Waals surface area contributed by atoms with E-state index < -0.39 is 0 Å². The van der Waals surface area contributed by atoms with Crippen LogP contribution >= 0.6 is 11.3 Å². The van der Waals surface area contributed by atoms with E-state index >= 15 is 0 Å². The maximum Gasteiger partial charge on any atom is 0.275 e. The van der Waals surface area contributed by atoms with E-state index in [4.69, 9.17) is 0 Å². The first-order chi connectivity index (χ1) is 12.4. The second-order valence-electron chi connectivity index (χ2n) is 6.08. The lowest BCUT2D eigenvalue weighted by molar-refractivity contribution is 1.02. The molecular weight excluding hydrogens is 344 g/mol. The van der Waals surface area contributed by atoms with Gasteiger partial charge in [0.15, 0.2) is 0 Å². The van der Waals surface area contributed by atoms with Gasteiger partial charge < -0.3 is 4.90 Å². The molecule has 0 radical (unpaired) electrons. The quantitative estimate of drug-likeness (QED) is 0.616. The molecule has 26 heavy (non-hydrogen) atoms. The smallest absolute Gasteiger partial charge is 0.275 e. The van der Waals surface area contributed by atoms with Crippen LogP contribution in [0.15, 0.2) is 35.9 Å². The zero-order chi connectivity index (χ0) is 19.3. The summed E-state index contributed by atoms with van der Waals surface area (Å²) in [7, 11) is 3.98. The molecule has 0 saturated carbocycles. The Hall–Kier alpha value is -2.47. The van der Waals surface area contributed by atoms with Crippen molar-refractivity contribution >= 4 is 43.7 Å². The third-order valence-corrected chi connectivity index (χ3v) is 4.82. The minimum Gasteiger partial charge on any atom is -0.377 e. The molecule has 5 nitrogen and oxygen atoms in total. The minimum absolute atomic E-state index is 0.0416. The van der Waals surface area contributed by atoms with Gasteiger partial charge in [0.25, 0.3) is 5.56 Å². The molecule has 3 aromatic heterocycles. The molecule has 0 amide bonds. The van der Waals surface area contributed by atoms with E-state index in [9.17, 15) is 4.79 Å². The number of thiophene rings is 1. The molecule has 0 aliphatic rings. The van der Waals surface area contributed by atoms with Crippen molar-refractivity contribution in [3.05, 3.63) is 47.2 Å². The van der Waals surface area contributed by atoms with Gasteiger partial charge in [-0.2, -0.15) is 0 Å². The third-order valence-electron chi connectivity index (χ3n) is 3.76. The molecule has 0 aliphatic heterocycles. The number of allylic oxidation sites excluding steroid dienone is 2.